The quantitative estimate of drug-likeness (QED) is 0.702. The second kappa shape index (κ2) is 4.50. The Hall–Kier alpha value is -1.95. The van der Waals surface area contributed by atoms with Crippen molar-refractivity contribution in [1.29, 1.82) is 0 Å². The molecule has 0 saturated carbocycles. The van der Waals surface area contributed by atoms with Crippen LogP contribution in [0.1, 0.15) is 17.3 Å². The summed E-state index contributed by atoms with van der Waals surface area (Å²) in [6.07, 6.45) is 0. The van der Waals surface area contributed by atoms with E-state index in [-0.39, 0.29) is 30.8 Å². The van der Waals surface area contributed by atoms with Crippen LogP contribution in [0.4, 0.5) is 0 Å². The maximum atomic E-state index is 11.8. The summed E-state index contributed by atoms with van der Waals surface area (Å²) in [4.78, 5) is 11.8. The summed E-state index contributed by atoms with van der Waals surface area (Å²) in [5.41, 5.74) is 0.0922. The zero-order valence-corrected chi connectivity index (χ0v) is 9.27. The Morgan fingerprint density at radius 2 is 2.12 bits per heavy atom. The molecule has 0 bridgehead atoms. The lowest BCUT2D eigenvalue weighted by atomic mass is 10.1. The molecule has 1 unspecified atom stereocenters. The number of nitrogens with one attached hydrogen (secondary N) is 1. The van der Waals surface area contributed by atoms with E-state index in [9.17, 15) is 9.90 Å². The maximum Gasteiger partial charge on any atom is 0.255 e. The first kappa shape index (κ1) is 11.5. The van der Waals surface area contributed by atoms with Crippen LogP contribution in [-0.2, 0) is 0 Å². The minimum absolute atomic E-state index is 0.0763. The highest BCUT2D eigenvalue weighted by Gasteiger charge is 2.21. The number of aliphatic hydroxyl groups excluding tert-OH is 1. The van der Waals surface area contributed by atoms with Gasteiger partial charge in [-0.1, -0.05) is 0 Å². The minimum atomic E-state index is -0.470. The normalized spacial score (nSPS) is 14.5. The monoisotopic (exact) mass is 239 g/mol. The number of rotatable bonds is 3. The summed E-state index contributed by atoms with van der Waals surface area (Å²) in [7, 11) is 0. The van der Waals surface area contributed by atoms with E-state index in [1.54, 1.807) is 6.92 Å². The third-order valence-electron chi connectivity index (χ3n) is 2.39. The molecule has 1 aromatic carbocycles. The number of benzene rings is 1. The molecule has 2 rings (SSSR count). The van der Waals surface area contributed by atoms with E-state index in [1.165, 1.54) is 12.1 Å². The lowest BCUT2D eigenvalue weighted by Crippen LogP contribution is -2.35. The number of aromatic hydroxyl groups is 1. The van der Waals surface area contributed by atoms with Crippen molar-refractivity contribution >= 4 is 5.91 Å². The molecule has 0 fully saturated rings. The molecular formula is C11H13NO5. The van der Waals surface area contributed by atoms with Gasteiger partial charge in [-0.2, -0.15) is 0 Å². The molecule has 1 amide bonds. The molecule has 0 aromatic heterocycles. The number of amides is 1. The molecule has 92 valence electrons. The van der Waals surface area contributed by atoms with E-state index in [2.05, 4.69) is 5.32 Å². The zero-order chi connectivity index (χ0) is 12.4. The van der Waals surface area contributed by atoms with Gasteiger partial charge in [0.1, 0.15) is 5.75 Å². The molecule has 1 heterocycles. The van der Waals surface area contributed by atoms with E-state index in [4.69, 9.17) is 14.6 Å². The second-order valence-electron chi connectivity index (χ2n) is 3.78. The van der Waals surface area contributed by atoms with Crippen LogP contribution in [0.25, 0.3) is 0 Å². The first-order chi connectivity index (χ1) is 8.11. The van der Waals surface area contributed by atoms with Gasteiger partial charge in [0.25, 0.3) is 5.91 Å². The summed E-state index contributed by atoms with van der Waals surface area (Å²) >= 11 is 0. The molecule has 1 aliphatic rings. The van der Waals surface area contributed by atoms with Crippen LogP contribution >= 0.6 is 0 Å². The standard InChI is InChI=1S/C11H13NO5/c1-6(4-13)12-11(15)7-2-9-10(3-8(7)14)17-5-16-9/h2-3,6,13-14H,4-5H2,1H3,(H,12,15). The fraction of sp³-hybridized carbons (Fsp3) is 0.364. The average molecular weight is 239 g/mol. The van der Waals surface area contributed by atoms with E-state index in [0.717, 1.165) is 0 Å². The van der Waals surface area contributed by atoms with Crippen LogP contribution in [-0.4, -0.2) is 35.6 Å². The molecule has 6 heteroatoms. The summed E-state index contributed by atoms with van der Waals surface area (Å²) in [5.74, 6) is 0.179. The van der Waals surface area contributed by atoms with Crippen molar-refractivity contribution in [1.82, 2.24) is 5.32 Å². The van der Waals surface area contributed by atoms with Gasteiger partial charge in [-0.15, -0.1) is 0 Å². The van der Waals surface area contributed by atoms with Gasteiger partial charge in [-0.25, -0.2) is 0 Å². The molecule has 0 radical (unpaired) electrons. The molecular weight excluding hydrogens is 226 g/mol. The Bertz CT molecular complexity index is 446. The molecule has 3 N–H and O–H groups in total. The van der Waals surface area contributed by atoms with E-state index in [1.807, 2.05) is 0 Å². The summed E-state index contributed by atoms with van der Waals surface area (Å²) in [5, 5.41) is 21.0. The Morgan fingerprint density at radius 3 is 2.76 bits per heavy atom. The Morgan fingerprint density at radius 1 is 1.47 bits per heavy atom. The zero-order valence-electron chi connectivity index (χ0n) is 9.27. The second-order valence-corrected chi connectivity index (χ2v) is 3.78. The van der Waals surface area contributed by atoms with Crippen LogP contribution in [0, 0.1) is 0 Å². The number of fused-ring (bicyclic) bond motifs is 1. The summed E-state index contributed by atoms with van der Waals surface area (Å²) in [6.45, 7) is 1.56. The van der Waals surface area contributed by atoms with E-state index < -0.39 is 5.91 Å². The van der Waals surface area contributed by atoms with E-state index in [0.29, 0.717) is 11.5 Å². The van der Waals surface area contributed by atoms with Crippen molar-refractivity contribution in [3.8, 4) is 17.2 Å². The van der Waals surface area contributed by atoms with Crippen molar-refractivity contribution in [2.24, 2.45) is 0 Å². The van der Waals surface area contributed by atoms with Crippen LogP contribution in [0.2, 0.25) is 0 Å². The van der Waals surface area contributed by atoms with Gasteiger partial charge in [-0.3, -0.25) is 4.79 Å². The molecule has 1 aromatic rings. The van der Waals surface area contributed by atoms with Crippen LogP contribution < -0.4 is 14.8 Å². The van der Waals surface area contributed by atoms with Crippen molar-refractivity contribution in [3.63, 3.8) is 0 Å². The van der Waals surface area contributed by atoms with Crippen molar-refractivity contribution in [2.45, 2.75) is 13.0 Å². The van der Waals surface area contributed by atoms with Gasteiger partial charge < -0.3 is 25.0 Å². The minimum Gasteiger partial charge on any atom is -0.507 e. The predicted molar refractivity (Wildman–Crippen MR) is 58.2 cm³/mol. The highest BCUT2D eigenvalue weighted by molar-refractivity contribution is 5.97. The van der Waals surface area contributed by atoms with E-state index >= 15 is 0 Å². The van der Waals surface area contributed by atoms with Gasteiger partial charge in [0.05, 0.1) is 12.2 Å². The SMILES string of the molecule is CC(CO)NC(=O)c1cc2c(cc1O)OCO2. The smallest absolute Gasteiger partial charge is 0.255 e. The van der Waals surface area contributed by atoms with Gasteiger partial charge in [0, 0.05) is 18.2 Å². The Kier molecular flexibility index (Phi) is 3.06. The average Bonchev–Trinajstić information content (AvgIpc) is 2.74. The number of carbonyl (C=O) groups is 1. The van der Waals surface area contributed by atoms with Crippen LogP contribution in [0.3, 0.4) is 0 Å². The fourth-order valence-electron chi connectivity index (χ4n) is 1.46. The number of hydrogen-bond acceptors (Lipinski definition) is 5. The maximum absolute atomic E-state index is 11.8. The molecule has 0 saturated heterocycles. The number of phenols is 1. The molecule has 0 aliphatic carbocycles. The molecule has 1 aliphatic heterocycles. The third kappa shape index (κ3) is 2.26. The van der Waals surface area contributed by atoms with Gasteiger partial charge in [0.15, 0.2) is 11.5 Å². The topological polar surface area (TPSA) is 88.0 Å². The molecule has 1 atom stereocenters. The van der Waals surface area contributed by atoms with Crippen LogP contribution in [0.15, 0.2) is 12.1 Å². The number of carbonyl (C=O) groups excluding carboxylic acids is 1. The first-order valence-corrected chi connectivity index (χ1v) is 5.16. The van der Waals surface area contributed by atoms with Gasteiger partial charge in [0.2, 0.25) is 6.79 Å². The van der Waals surface area contributed by atoms with Crippen molar-refractivity contribution in [3.05, 3.63) is 17.7 Å². The van der Waals surface area contributed by atoms with Gasteiger partial charge in [-0.05, 0) is 6.92 Å². The first-order valence-electron chi connectivity index (χ1n) is 5.16. The van der Waals surface area contributed by atoms with Crippen molar-refractivity contribution in [2.75, 3.05) is 13.4 Å². The number of aliphatic hydroxyl groups is 1. The Labute approximate surface area is 97.8 Å². The largest absolute Gasteiger partial charge is 0.507 e. The Balaban J connectivity index is 2.23. The highest BCUT2D eigenvalue weighted by atomic mass is 16.7. The molecule has 17 heavy (non-hydrogen) atoms. The number of hydrogen-bond donors (Lipinski definition) is 3. The fourth-order valence-corrected chi connectivity index (χ4v) is 1.46. The summed E-state index contributed by atoms with van der Waals surface area (Å²) in [6, 6.07) is 2.37. The van der Waals surface area contributed by atoms with Gasteiger partial charge >= 0.3 is 0 Å². The van der Waals surface area contributed by atoms with Crippen LogP contribution in [0.5, 0.6) is 17.2 Å². The predicted octanol–water partition coefficient (Wildman–Crippen LogP) is 0.232. The molecule has 6 nitrogen and oxygen atoms in total. The lowest BCUT2D eigenvalue weighted by molar-refractivity contribution is 0.0919. The summed E-state index contributed by atoms with van der Waals surface area (Å²) < 4.78 is 10.2. The van der Waals surface area contributed by atoms with Crippen molar-refractivity contribution < 1.29 is 24.5 Å². The molecule has 0 spiro atoms. The third-order valence-corrected chi connectivity index (χ3v) is 2.39. The highest BCUT2D eigenvalue weighted by Crippen LogP contribution is 2.37. The number of ether oxygens (including phenoxy) is 2. The number of phenolic OH excluding ortho intramolecular Hbond substituents is 1. The lowest BCUT2D eigenvalue weighted by Gasteiger charge is -2.12.